The van der Waals surface area contributed by atoms with Crippen LogP contribution in [0.3, 0.4) is 0 Å². The molecule has 24 heavy (non-hydrogen) atoms. The molecule has 0 unspecified atom stereocenters. The van der Waals surface area contributed by atoms with Crippen LogP contribution in [0.25, 0.3) is 0 Å². The minimum atomic E-state index is -0.0623. The molecule has 0 fully saturated rings. The van der Waals surface area contributed by atoms with E-state index in [1.165, 1.54) is 10.5 Å². The average Bonchev–Trinajstić information content (AvgIpc) is 2.98. The smallest absolute Gasteiger partial charge is 0.246 e. The molecule has 132 valence electrons. The van der Waals surface area contributed by atoms with Crippen molar-refractivity contribution >= 4 is 47.4 Å². The number of anilines is 1. The number of likely N-dealkylation sites (N-methyl/N-ethyl adjacent to an activating group) is 1. The van der Waals surface area contributed by atoms with Crippen LogP contribution < -0.4 is 15.5 Å². The highest BCUT2D eigenvalue weighted by molar-refractivity contribution is 14.0. The van der Waals surface area contributed by atoms with Gasteiger partial charge in [0.15, 0.2) is 5.96 Å². The van der Waals surface area contributed by atoms with Crippen LogP contribution >= 0.6 is 24.0 Å². The van der Waals surface area contributed by atoms with Crippen molar-refractivity contribution in [2.45, 2.75) is 6.42 Å². The molecule has 2 rings (SSSR count). The minimum Gasteiger partial charge on any atom is -0.347 e. The summed E-state index contributed by atoms with van der Waals surface area (Å²) >= 11 is 0. The van der Waals surface area contributed by atoms with Crippen LogP contribution in [0.15, 0.2) is 29.3 Å². The number of fused-ring (bicyclic) bond motifs is 1. The molecule has 8 heteroatoms. The van der Waals surface area contributed by atoms with Gasteiger partial charge in [0.25, 0.3) is 0 Å². The highest BCUT2D eigenvalue weighted by atomic mass is 127. The molecule has 2 N–H and O–H groups in total. The molecule has 0 radical (unpaired) electrons. The van der Waals surface area contributed by atoms with Crippen LogP contribution in [-0.2, 0) is 16.0 Å². The molecule has 1 aromatic carbocycles. The average molecular weight is 445 g/mol. The number of rotatable bonds is 4. The van der Waals surface area contributed by atoms with E-state index in [-0.39, 0.29) is 48.9 Å². The molecule has 0 aromatic heterocycles. The topological polar surface area (TPSA) is 77.0 Å². The van der Waals surface area contributed by atoms with E-state index in [4.69, 9.17) is 0 Å². The van der Waals surface area contributed by atoms with Gasteiger partial charge >= 0.3 is 0 Å². The molecule has 1 aromatic rings. The first-order valence-electron chi connectivity index (χ1n) is 7.56. The van der Waals surface area contributed by atoms with Crippen molar-refractivity contribution in [1.29, 1.82) is 0 Å². The van der Waals surface area contributed by atoms with E-state index in [0.29, 0.717) is 12.5 Å². The Balaban J connectivity index is 0.00000288. The highest BCUT2D eigenvalue weighted by Gasteiger charge is 2.23. The third-order valence-corrected chi connectivity index (χ3v) is 3.72. The number of carbonyl (C=O) groups is 2. The molecule has 1 aliphatic rings. The minimum absolute atomic E-state index is 0. The standard InChI is InChI=1S/C16H23N5O2.HI/c1-17-16(18-10-14(22)20(2)3)19-11-15(23)21-9-8-12-6-4-5-7-13(12)21;/h4-7H,8-11H2,1-3H3,(H2,17,18,19);1H. The van der Waals surface area contributed by atoms with Gasteiger partial charge in [0.1, 0.15) is 0 Å². The number of aliphatic imine (C=N–C) groups is 1. The second-order valence-electron chi connectivity index (χ2n) is 5.49. The fraction of sp³-hybridized carbons (Fsp3) is 0.438. The summed E-state index contributed by atoms with van der Waals surface area (Å²) in [6, 6.07) is 7.93. The van der Waals surface area contributed by atoms with Gasteiger partial charge < -0.3 is 20.4 Å². The Labute approximate surface area is 159 Å². The van der Waals surface area contributed by atoms with E-state index >= 15 is 0 Å². The molecule has 1 aliphatic heterocycles. The second kappa shape index (κ2) is 9.45. The summed E-state index contributed by atoms with van der Waals surface area (Å²) in [4.78, 5) is 31.2. The molecule has 0 atom stereocenters. The quantitative estimate of drug-likeness (QED) is 0.401. The summed E-state index contributed by atoms with van der Waals surface area (Å²) in [5, 5.41) is 5.84. The summed E-state index contributed by atoms with van der Waals surface area (Å²) in [5.74, 6) is 0.352. The van der Waals surface area contributed by atoms with Crippen LogP contribution in [0, 0.1) is 0 Å². The summed E-state index contributed by atoms with van der Waals surface area (Å²) in [6.45, 7) is 0.961. The van der Waals surface area contributed by atoms with Crippen molar-refractivity contribution in [3.63, 3.8) is 0 Å². The Morgan fingerprint density at radius 2 is 1.88 bits per heavy atom. The zero-order valence-electron chi connectivity index (χ0n) is 14.2. The van der Waals surface area contributed by atoms with Crippen molar-refractivity contribution in [2.75, 3.05) is 45.7 Å². The fourth-order valence-electron chi connectivity index (χ4n) is 2.39. The molecule has 0 spiro atoms. The molecule has 2 amide bonds. The Kier molecular flexibility index (Phi) is 7.96. The molecule has 7 nitrogen and oxygen atoms in total. The molecule has 1 heterocycles. The Bertz CT molecular complexity index is 618. The molecule has 0 saturated carbocycles. The third kappa shape index (κ3) is 5.08. The molecular formula is C16H24IN5O2. The number of nitrogens with zero attached hydrogens (tertiary/aromatic N) is 3. The van der Waals surface area contributed by atoms with Gasteiger partial charge in [-0.2, -0.15) is 0 Å². The van der Waals surface area contributed by atoms with Crippen molar-refractivity contribution in [3.8, 4) is 0 Å². The lowest BCUT2D eigenvalue weighted by atomic mass is 10.2. The SMILES string of the molecule is CN=C(NCC(=O)N(C)C)NCC(=O)N1CCc2ccccc21.I. The maximum atomic E-state index is 12.4. The van der Waals surface area contributed by atoms with Crippen LogP contribution in [0.5, 0.6) is 0 Å². The third-order valence-electron chi connectivity index (χ3n) is 3.72. The maximum Gasteiger partial charge on any atom is 0.246 e. The number of nitrogens with one attached hydrogen (secondary N) is 2. The van der Waals surface area contributed by atoms with Gasteiger partial charge in [0.2, 0.25) is 11.8 Å². The van der Waals surface area contributed by atoms with Gasteiger partial charge in [-0.05, 0) is 18.1 Å². The molecule has 0 aliphatic carbocycles. The molecule has 0 saturated heterocycles. The van der Waals surface area contributed by atoms with Crippen molar-refractivity contribution < 1.29 is 9.59 Å². The number of carbonyl (C=O) groups excluding carboxylic acids is 2. The zero-order chi connectivity index (χ0) is 16.8. The number of halogens is 1. The predicted octanol–water partition coefficient (Wildman–Crippen LogP) is 0.447. The summed E-state index contributed by atoms with van der Waals surface area (Å²) in [7, 11) is 4.98. The number of benzene rings is 1. The molecule has 0 bridgehead atoms. The van der Waals surface area contributed by atoms with Gasteiger partial charge in [0.05, 0.1) is 13.1 Å². The fourth-order valence-corrected chi connectivity index (χ4v) is 2.39. The number of amides is 2. The van der Waals surface area contributed by atoms with E-state index in [0.717, 1.165) is 12.1 Å². The van der Waals surface area contributed by atoms with Gasteiger partial charge in [0, 0.05) is 33.4 Å². The van der Waals surface area contributed by atoms with Gasteiger partial charge in [-0.3, -0.25) is 14.6 Å². The second-order valence-corrected chi connectivity index (χ2v) is 5.49. The van der Waals surface area contributed by atoms with Gasteiger partial charge in [-0.25, -0.2) is 0 Å². The lowest BCUT2D eigenvalue weighted by molar-refractivity contribution is -0.127. The van der Waals surface area contributed by atoms with Crippen LogP contribution in [0.1, 0.15) is 5.56 Å². The highest BCUT2D eigenvalue weighted by Crippen LogP contribution is 2.27. The monoisotopic (exact) mass is 445 g/mol. The van der Waals surface area contributed by atoms with Crippen LogP contribution in [-0.4, -0.2) is 63.5 Å². The number of hydrogen-bond donors (Lipinski definition) is 2. The largest absolute Gasteiger partial charge is 0.347 e. The zero-order valence-corrected chi connectivity index (χ0v) is 16.5. The Hall–Kier alpha value is -1.84. The van der Waals surface area contributed by atoms with Crippen molar-refractivity contribution in [3.05, 3.63) is 29.8 Å². The van der Waals surface area contributed by atoms with E-state index in [2.05, 4.69) is 15.6 Å². The maximum absolute atomic E-state index is 12.4. The molecular weight excluding hydrogens is 421 g/mol. The first kappa shape index (κ1) is 20.2. The number of para-hydroxylation sites is 1. The summed E-state index contributed by atoms with van der Waals surface area (Å²) in [5.41, 5.74) is 2.17. The summed E-state index contributed by atoms with van der Waals surface area (Å²) < 4.78 is 0. The normalized spacial score (nSPS) is 13.0. The lowest BCUT2D eigenvalue weighted by Crippen LogP contribution is -2.46. The number of hydrogen-bond acceptors (Lipinski definition) is 3. The Morgan fingerprint density at radius 3 is 2.54 bits per heavy atom. The van der Waals surface area contributed by atoms with E-state index < -0.39 is 0 Å². The van der Waals surface area contributed by atoms with E-state index in [1.54, 1.807) is 26.0 Å². The lowest BCUT2D eigenvalue weighted by Gasteiger charge is -2.19. The summed E-state index contributed by atoms with van der Waals surface area (Å²) in [6.07, 6.45) is 0.881. The van der Waals surface area contributed by atoms with Gasteiger partial charge in [-0.1, -0.05) is 18.2 Å². The van der Waals surface area contributed by atoms with E-state index in [9.17, 15) is 9.59 Å². The first-order valence-corrected chi connectivity index (χ1v) is 7.56. The predicted molar refractivity (Wildman–Crippen MR) is 106 cm³/mol. The van der Waals surface area contributed by atoms with Crippen molar-refractivity contribution in [2.24, 2.45) is 4.99 Å². The number of guanidine groups is 1. The van der Waals surface area contributed by atoms with Crippen LogP contribution in [0.4, 0.5) is 5.69 Å². The van der Waals surface area contributed by atoms with E-state index in [1.807, 2.05) is 24.3 Å². The first-order chi connectivity index (χ1) is 11.0. The van der Waals surface area contributed by atoms with Gasteiger partial charge in [-0.15, -0.1) is 24.0 Å². The Morgan fingerprint density at radius 1 is 1.21 bits per heavy atom. The van der Waals surface area contributed by atoms with Crippen LogP contribution in [0.2, 0.25) is 0 Å². The van der Waals surface area contributed by atoms with Crippen molar-refractivity contribution in [1.82, 2.24) is 15.5 Å².